The molecule has 0 N–H and O–H groups in total. The SMILES string of the molecule is N#Cc1ccc2ncn(C[C@H]3CCC[C@]4(C3)CN(Cc3cn(-c5ccc(C#N)c(C(F)(F)F)c5)nn3)C(=O)O4)c2c1. The molecule has 6 rings (SSSR count). The second-order valence-electron chi connectivity index (χ2n) is 10.6. The summed E-state index contributed by atoms with van der Waals surface area (Å²) in [5, 5.41) is 26.3. The fourth-order valence-electron chi connectivity index (χ4n) is 5.90. The second-order valence-corrected chi connectivity index (χ2v) is 10.6. The van der Waals surface area contributed by atoms with Gasteiger partial charge in [-0.05, 0) is 68.0 Å². The number of nitrogens with zero attached hydrogens (tertiary/aromatic N) is 8. The molecule has 41 heavy (non-hydrogen) atoms. The summed E-state index contributed by atoms with van der Waals surface area (Å²) in [6.07, 6.45) is 1.33. The van der Waals surface area contributed by atoms with E-state index in [1.807, 2.05) is 16.7 Å². The number of benzene rings is 2. The third-order valence-electron chi connectivity index (χ3n) is 7.74. The molecule has 2 aromatic carbocycles. The molecule has 2 aromatic heterocycles. The van der Waals surface area contributed by atoms with Crippen molar-refractivity contribution in [2.75, 3.05) is 6.54 Å². The number of carbonyl (C=O) groups is 1. The normalized spacial score (nSPS) is 20.8. The van der Waals surface area contributed by atoms with Gasteiger partial charge in [0, 0.05) is 6.54 Å². The average Bonchev–Trinajstić information content (AvgIpc) is 3.65. The van der Waals surface area contributed by atoms with Gasteiger partial charge in [0.1, 0.15) is 11.3 Å². The van der Waals surface area contributed by atoms with Crippen molar-refractivity contribution in [2.24, 2.45) is 5.92 Å². The van der Waals surface area contributed by atoms with Gasteiger partial charge in [0.2, 0.25) is 0 Å². The van der Waals surface area contributed by atoms with E-state index in [0.29, 0.717) is 30.8 Å². The molecule has 208 valence electrons. The maximum atomic E-state index is 13.4. The number of nitriles is 2. The average molecular weight is 561 g/mol. The first-order chi connectivity index (χ1) is 19.7. The molecule has 0 unspecified atom stereocenters. The highest BCUT2D eigenvalue weighted by molar-refractivity contribution is 5.77. The van der Waals surface area contributed by atoms with E-state index in [1.54, 1.807) is 23.4 Å². The van der Waals surface area contributed by atoms with Crippen molar-refractivity contribution >= 4 is 17.1 Å². The number of carbonyl (C=O) groups excluding carboxylic acids is 1. The highest BCUT2D eigenvalue weighted by Crippen LogP contribution is 2.41. The van der Waals surface area contributed by atoms with E-state index in [9.17, 15) is 23.2 Å². The molecule has 0 radical (unpaired) electrons. The van der Waals surface area contributed by atoms with E-state index in [-0.39, 0.29) is 18.2 Å². The minimum absolute atomic E-state index is 0.0940. The van der Waals surface area contributed by atoms with Crippen LogP contribution in [0.25, 0.3) is 16.7 Å². The molecule has 1 spiro atoms. The zero-order valence-corrected chi connectivity index (χ0v) is 21.7. The van der Waals surface area contributed by atoms with Crippen molar-refractivity contribution < 1.29 is 22.7 Å². The fourth-order valence-corrected chi connectivity index (χ4v) is 5.90. The number of ether oxygens (including phenoxy) is 1. The molecule has 2 atom stereocenters. The van der Waals surface area contributed by atoms with Gasteiger partial charge in [-0.1, -0.05) is 5.21 Å². The Bertz CT molecular complexity index is 1730. The largest absolute Gasteiger partial charge is 0.441 e. The number of halogens is 3. The quantitative estimate of drug-likeness (QED) is 0.338. The molecular formula is C28H23F3N8O2. The summed E-state index contributed by atoms with van der Waals surface area (Å²) in [5.74, 6) is 0.236. The van der Waals surface area contributed by atoms with E-state index >= 15 is 0 Å². The maximum Gasteiger partial charge on any atom is 0.417 e. The number of rotatable bonds is 5. The molecule has 4 aromatic rings. The number of fused-ring (bicyclic) bond motifs is 1. The van der Waals surface area contributed by atoms with Gasteiger partial charge in [-0.2, -0.15) is 23.7 Å². The Morgan fingerprint density at radius 2 is 2.00 bits per heavy atom. The molecule has 0 bridgehead atoms. The minimum Gasteiger partial charge on any atom is -0.441 e. The molecule has 1 saturated carbocycles. The Morgan fingerprint density at radius 3 is 2.78 bits per heavy atom. The van der Waals surface area contributed by atoms with Gasteiger partial charge in [0.15, 0.2) is 0 Å². The molecule has 13 heteroatoms. The predicted molar refractivity (Wildman–Crippen MR) is 137 cm³/mol. The van der Waals surface area contributed by atoms with Gasteiger partial charge < -0.3 is 9.30 Å². The summed E-state index contributed by atoms with van der Waals surface area (Å²) in [7, 11) is 0. The number of imidazole rings is 1. The summed E-state index contributed by atoms with van der Waals surface area (Å²) in [6, 6.07) is 12.4. The van der Waals surface area contributed by atoms with Crippen LogP contribution in [0.4, 0.5) is 18.0 Å². The van der Waals surface area contributed by atoms with Crippen molar-refractivity contribution in [1.29, 1.82) is 10.5 Å². The molecule has 1 amide bonds. The number of hydrogen-bond donors (Lipinski definition) is 0. The molecule has 10 nitrogen and oxygen atoms in total. The van der Waals surface area contributed by atoms with Crippen LogP contribution in [-0.2, 0) is 24.0 Å². The first-order valence-electron chi connectivity index (χ1n) is 13.0. The standard InChI is InChI=1S/C28H23F3N8O2/c29-28(30,31)23-9-22(5-4-20(23)12-33)39-15-21(35-36-39)14-37-16-27(41-26(37)40)7-1-2-19(10-27)13-38-17-34-24-6-3-18(11-32)8-25(24)38/h3-6,8-9,15,17,19H,1-2,7,10,13-14,16H2/t19-,27-/m0/s1. The van der Waals surface area contributed by atoms with Crippen LogP contribution in [0.5, 0.6) is 0 Å². The van der Waals surface area contributed by atoms with Crippen LogP contribution in [0, 0.1) is 28.6 Å². The lowest BCUT2D eigenvalue weighted by atomic mass is 9.78. The predicted octanol–water partition coefficient (Wildman–Crippen LogP) is 4.96. The van der Waals surface area contributed by atoms with Crippen LogP contribution in [0.2, 0.25) is 0 Å². The van der Waals surface area contributed by atoms with Crippen LogP contribution in [0.15, 0.2) is 48.9 Å². The van der Waals surface area contributed by atoms with E-state index in [1.165, 1.54) is 16.9 Å². The maximum absolute atomic E-state index is 13.4. The van der Waals surface area contributed by atoms with Gasteiger partial charge in [0.05, 0.1) is 71.2 Å². The molecular weight excluding hydrogens is 537 g/mol. The van der Waals surface area contributed by atoms with Crippen molar-refractivity contribution in [2.45, 2.75) is 50.6 Å². The number of alkyl halides is 3. The van der Waals surface area contributed by atoms with Gasteiger partial charge in [0.25, 0.3) is 0 Å². The Kier molecular flexibility index (Phi) is 6.37. The van der Waals surface area contributed by atoms with E-state index in [0.717, 1.165) is 42.4 Å². The molecule has 2 fully saturated rings. The van der Waals surface area contributed by atoms with Crippen LogP contribution >= 0.6 is 0 Å². The minimum atomic E-state index is -4.69. The number of hydrogen-bond acceptors (Lipinski definition) is 7. The van der Waals surface area contributed by atoms with Crippen molar-refractivity contribution in [3.8, 4) is 17.8 Å². The first-order valence-corrected chi connectivity index (χ1v) is 13.0. The third kappa shape index (κ3) is 5.07. The zero-order chi connectivity index (χ0) is 28.8. The zero-order valence-electron chi connectivity index (χ0n) is 21.7. The van der Waals surface area contributed by atoms with Crippen LogP contribution in [0.1, 0.15) is 48.1 Å². The monoisotopic (exact) mass is 560 g/mol. The fraction of sp³-hybridized carbons (Fsp3) is 0.357. The molecule has 1 aliphatic carbocycles. The Morgan fingerprint density at radius 1 is 1.15 bits per heavy atom. The number of amides is 1. The van der Waals surface area contributed by atoms with Crippen LogP contribution < -0.4 is 0 Å². The summed E-state index contributed by atoms with van der Waals surface area (Å²) >= 11 is 0. The molecule has 1 saturated heterocycles. The van der Waals surface area contributed by atoms with E-state index in [2.05, 4.69) is 21.4 Å². The van der Waals surface area contributed by atoms with Gasteiger partial charge in [-0.3, -0.25) is 4.90 Å². The highest BCUT2D eigenvalue weighted by atomic mass is 19.4. The van der Waals surface area contributed by atoms with Crippen molar-refractivity contribution in [3.63, 3.8) is 0 Å². The molecule has 1 aliphatic heterocycles. The lowest BCUT2D eigenvalue weighted by Crippen LogP contribution is -2.40. The highest BCUT2D eigenvalue weighted by Gasteiger charge is 2.48. The lowest BCUT2D eigenvalue weighted by Gasteiger charge is -2.36. The number of aromatic nitrogens is 5. The van der Waals surface area contributed by atoms with Crippen molar-refractivity contribution in [3.05, 3.63) is 71.3 Å². The smallest absolute Gasteiger partial charge is 0.417 e. The van der Waals surface area contributed by atoms with Gasteiger partial charge in [-0.25, -0.2) is 14.5 Å². The van der Waals surface area contributed by atoms with Crippen LogP contribution in [-0.4, -0.2) is 47.7 Å². The molecule has 2 aliphatic rings. The summed E-state index contributed by atoms with van der Waals surface area (Å²) in [6.45, 7) is 1.15. The third-order valence-corrected chi connectivity index (χ3v) is 7.74. The Balaban J connectivity index is 1.14. The second kappa shape index (κ2) is 9.93. The first kappa shape index (κ1) is 26.3. The Labute approximate surface area is 232 Å². The Hall–Kier alpha value is -4.91. The van der Waals surface area contributed by atoms with Crippen molar-refractivity contribution in [1.82, 2.24) is 29.4 Å². The summed E-state index contributed by atoms with van der Waals surface area (Å²) in [4.78, 5) is 18.9. The van der Waals surface area contributed by atoms with E-state index < -0.39 is 29.0 Å². The molecule has 3 heterocycles. The van der Waals surface area contributed by atoms with Gasteiger partial charge in [-0.15, -0.1) is 5.10 Å². The lowest BCUT2D eigenvalue weighted by molar-refractivity contribution is -0.137. The summed E-state index contributed by atoms with van der Waals surface area (Å²) < 4.78 is 49.3. The summed E-state index contributed by atoms with van der Waals surface area (Å²) in [5.41, 5.74) is 0.585. The van der Waals surface area contributed by atoms with Gasteiger partial charge >= 0.3 is 12.3 Å². The topological polar surface area (TPSA) is 126 Å². The van der Waals surface area contributed by atoms with E-state index in [4.69, 9.17) is 10.00 Å². The van der Waals surface area contributed by atoms with Crippen LogP contribution in [0.3, 0.4) is 0 Å².